The first-order valence-corrected chi connectivity index (χ1v) is 16.5. The van der Waals surface area contributed by atoms with Crippen molar-refractivity contribution in [2.75, 3.05) is 0 Å². The monoisotopic (exact) mass is 629 g/mol. The van der Waals surface area contributed by atoms with Crippen molar-refractivity contribution >= 4 is 33.6 Å². The van der Waals surface area contributed by atoms with E-state index in [1.165, 1.54) is 5.56 Å². The lowest BCUT2D eigenvalue weighted by Crippen LogP contribution is -2.33. The van der Waals surface area contributed by atoms with Crippen LogP contribution in [0.15, 0.2) is 190 Å². The molecular formula is C45H31N3O. The van der Waals surface area contributed by atoms with Crippen LogP contribution < -0.4 is 5.32 Å². The lowest BCUT2D eigenvalue weighted by molar-refractivity contribution is 0.670. The third-order valence-electron chi connectivity index (χ3n) is 9.12. The van der Waals surface area contributed by atoms with Gasteiger partial charge in [0.05, 0.1) is 0 Å². The summed E-state index contributed by atoms with van der Waals surface area (Å²) in [6, 6.07) is 61.1. The summed E-state index contributed by atoms with van der Waals surface area (Å²) in [7, 11) is 0. The predicted octanol–water partition coefficient (Wildman–Crippen LogP) is 11.1. The van der Waals surface area contributed by atoms with Crippen LogP contribution in [0.4, 0.5) is 0 Å². The lowest BCUT2D eigenvalue weighted by Gasteiger charge is -2.23. The van der Waals surface area contributed by atoms with Gasteiger partial charge in [-0.05, 0) is 63.7 Å². The summed E-state index contributed by atoms with van der Waals surface area (Å²) < 4.78 is 6.69. The number of furan rings is 1. The highest BCUT2D eigenvalue weighted by atomic mass is 16.3. The summed E-state index contributed by atoms with van der Waals surface area (Å²) in [5, 5.41) is 5.74. The molecule has 1 atom stereocenters. The molecule has 1 N–H and O–H groups in total. The van der Waals surface area contributed by atoms with Crippen LogP contribution >= 0.6 is 0 Å². The minimum absolute atomic E-state index is 0.269. The Morgan fingerprint density at radius 2 is 1.04 bits per heavy atom. The molecule has 1 aromatic heterocycles. The van der Waals surface area contributed by atoms with E-state index in [1.54, 1.807) is 0 Å². The Bertz CT molecular complexity index is 2500. The smallest absolute Gasteiger partial charge is 0.159 e. The average Bonchev–Trinajstić information content (AvgIpc) is 3.57. The van der Waals surface area contributed by atoms with Crippen LogP contribution in [0, 0.1) is 0 Å². The maximum absolute atomic E-state index is 6.69. The second-order valence-electron chi connectivity index (χ2n) is 12.3. The Balaban J connectivity index is 1.22. The average molecular weight is 630 g/mol. The SMILES string of the molecule is c1ccc(C2=NC(c3cccc(-c4cc(-c5ccccc5)cc5c4oc4ccc(-c6ccccc6)cc45)c3)=NC(c3ccccc3)N2)cc1. The molecular weight excluding hydrogens is 599 g/mol. The lowest BCUT2D eigenvalue weighted by atomic mass is 9.94. The number of fused-ring (bicyclic) bond motifs is 3. The van der Waals surface area contributed by atoms with Crippen LogP contribution in [0.5, 0.6) is 0 Å². The molecule has 7 aromatic carbocycles. The number of nitrogens with one attached hydrogen (secondary N) is 1. The van der Waals surface area contributed by atoms with Gasteiger partial charge in [0.15, 0.2) is 5.84 Å². The molecule has 4 heteroatoms. The number of aliphatic imine (C=N–C) groups is 2. The molecule has 4 nitrogen and oxygen atoms in total. The molecule has 1 unspecified atom stereocenters. The van der Waals surface area contributed by atoms with E-state index in [9.17, 15) is 0 Å². The highest BCUT2D eigenvalue weighted by Gasteiger charge is 2.22. The van der Waals surface area contributed by atoms with E-state index < -0.39 is 0 Å². The van der Waals surface area contributed by atoms with Gasteiger partial charge in [0.2, 0.25) is 0 Å². The van der Waals surface area contributed by atoms with E-state index in [0.29, 0.717) is 5.84 Å². The number of nitrogens with zero attached hydrogens (tertiary/aromatic N) is 2. The second kappa shape index (κ2) is 12.3. The van der Waals surface area contributed by atoms with Crippen LogP contribution in [0.25, 0.3) is 55.3 Å². The topological polar surface area (TPSA) is 49.9 Å². The molecule has 0 radical (unpaired) electrons. The van der Waals surface area contributed by atoms with Gasteiger partial charge >= 0.3 is 0 Å². The number of benzene rings is 7. The van der Waals surface area contributed by atoms with Gasteiger partial charge in [-0.3, -0.25) is 0 Å². The van der Waals surface area contributed by atoms with E-state index in [0.717, 1.165) is 72.3 Å². The molecule has 9 rings (SSSR count). The standard InChI is InChI=1S/C45H31N3O/c1-5-14-30(15-6-1)34-24-25-41-39(27-34)40-29-37(31-16-7-2-8-17-31)28-38(42(40)49-41)35-22-13-23-36(26-35)45-47-43(32-18-9-3-10-19-32)46-44(48-45)33-20-11-4-12-21-33/h1-29,43H,(H,46,47,48). The molecule has 0 saturated heterocycles. The van der Waals surface area contributed by atoms with Crippen molar-refractivity contribution in [1.82, 2.24) is 5.32 Å². The van der Waals surface area contributed by atoms with E-state index in [-0.39, 0.29) is 6.17 Å². The summed E-state index contributed by atoms with van der Waals surface area (Å²) in [6.45, 7) is 0. The van der Waals surface area contributed by atoms with Gasteiger partial charge in [0.1, 0.15) is 23.2 Å². The van der Waals surface area contributed by atoms with Gasteiger partial charge in [-0.2, -0.15) is 0 Å². The quantitative estimate of drug-likeness (QED) is 0.199. The molecule has 0 saturated carbocycles. The van der Waals surface area contributed by atoms with Gasteiger partial charge in [0.25, 0.3) is 0 Å². The molecule has 232 valence electrons. The summed E-state index contributed by atoms with van der Waals surface area (Å²) in [5.74, 6) is 1.48. The fraction of sp³-hybridized carbons (Fsp3) is 0.0222. The van der Waals surface area contributed by atoms with Crippen molar-refractivity contribution in [3.8, 4) is 33.4 Å². The Hall–Kier alpha value is -6.52. The predicted molar refractivity (Wildman–Crippen MR) is 202 cm³/mol. The molecule has 0 aliphatic carbocycles. The van der Waals surface area contributed by atoms with E-state index >= 15 is 0 Å². The summed E-state index contributed by atoms with van der Waals surface area (Å²) in [6.07, 6.45) is -0.269. The molecule has 1 aliphatic rings. The van der Waals surface area contributed by atoms with Crippen LogP contribution in [-0.2, 0) is 0 Å². The number of amidine groups is 2. The van der Waals surface area contributed by atoms with Gasteiger partial charge in [0, 0.05) is 27.5 Å². The fourth-order valence-electron chi connectivity index (χ4n) is 6.65. The molecule has 0 fully saturated rings. The molecule has 8 aromatic rings. The van der Waals surface area contributed by atoms with Crippen LogP contribution in [0.2, 0.25) is 0 Å². The maximum Gasteiger partial charge on any atom is 0.159 e. The molecule has 0 bridgehead atoms. The van der Waals surface area contributed by atoms with Crippen molar-refractivity contribution in [2.45, 2.75) is 6.17 Å². The third-order valence-corrected chi connectivity index (χ3v) is 9.12. The molecule has 0 spiro atoms. The number of hydrogen-bond acceptors (Lipinski definition) is 4. The molecule has 2 heterocycles. The number of rotatable bonds is 6. The van der Waals surface area contributed by atoms with E-state index in [4.69, 9.17) is 14.4 Å². The van der Waals surface area contributed by atoms with Crippen molar-refractivity contribution in [1.29, 1.82) is 0 Å². The van der Waals surface area contributed by atoms with Crippen molar-refractivity contribution in [3.05, 3.63) is 193 Å². The zero-order valence-corrected chi connectivity index (χ0v) is 26.6. The molecule has 49 heavy (non-hydrogen) atoms. The fourth-order valence-corrected chi connectivity index (χ4v) is 6.65. The van der Waals surface area contributed by atoms with Crippen molar-refractivity contribution < 1.29 is 4.42 Å². The van der Waals surface area contributed by atoms with Gasteiger partial charge < -0.3 is 9.73 Å². The van der Waals surface area contributed by atoms with E-state index in [2.05, 4.69) is 139 Å². The second-order valence-corrected chi connectivity index (χ2v) is 12.3. The first kappa shape index (κ1) is 28.7. The first-order valence-electron chi connectivity index (χ1n) is 16.5. The summed E-state index contributed by atoms with van der Waals surface area (Å²) >= 11 is 0. The van der Waals surface area contributed by atoms with E-state index in [1.807, 2.05) is 42.5 Å². The zero-order valence-electron chi connectivity index (χ0n) is 26.6. The Labute approximate surface area is 284 Å². The maximum atomic E-state index is 6.69. The van der Waals surface area contributed by atoms with Crippen LogP contribution in [-0.4, -0.2) is 11.7 Å². The first-order chi connectivity index (χ1) is 24.3. The highest BCUT2D eigenvalue weighted by molar-refractivity contribution is 6.15. The molecule has 1 aliphatic heterocycles. The van der Waals surface area contributed by atoms with Gasteiger partial charge in [-0.15, -0.1) is 0 Å². The summed E-state index contributed by atoms with van der Waals surface area (Å²) in [4.78, 5) is 10.2. The Kier molecular flexibility index (Phi) is 7.17. The molecule has 0 amide bonds. The Morgan fingerprint density at radius 1 is 0.449 bits per heavy atom. The minimum atomic E-state index is -0.269. The van der Waals surface area contributed by atoms with Gasteiger partial charge in [-0.1, -0.05) is 146 Å². The summed E-state index contributed by atoms with van der Waals surface area (Å²) in [5.41, 5.74) is 11.4. The number of hydrogen-bond donors (Lipinski definition) is 1. The van der Waals surface area contributed by atoms with Crippen LogP contribution in [0.3, 0.4) is 0 Å². The Morgan fingerprint density at radius 3 is 1.76 bits per heavy atom. The van der Waals surface area contributed by atoms with Crippen molar-refractivity contribution in [3.63, 3.8) is 0 Å². The van der Waals surface area contributed by atoms with Gasteiger partial charge in [-0.25, -0.2) is 9.98 Å². The largest absolute Gasteiger partial charge is 0.455 e. The van der Waals surface area contributed by atoms with Crippen LogP contribution in [0.1, 0.15) is 22.9 Å². The third kappa shape index (κ3) is 5.49. The normalized spacial score (nSPS) is 14.3. The van der Waals surface area contributed by atoms with Crippen molar-refractivity contribution in [2.24, 2.45) is 9.98 Å². The zero-order chi connectivity index (χ0) is 32.6. The minimum Gasteiger partial charge on any atom is -0.455 e. The highest BCUT2D eigenvalue weighted by Crippen LogP contribution is 2.41.